The summed E-state index contributed by atoms with van der Waals surface area (Å²) >= 11 is 0. The number of hydrogen-bond acceptors (Lipinski definition) is 8. The molecule has 2 aromatic heterocycles. The lowest BCUT2D eigenvalue weighted by Crippen LogP contribution is -2.29. The van der Waals surface area contributed by atoms with Crippen molar-refractivity contribution in [3.63, 3.8) is 0 Å². The van der Waals surface area contributed by atoms with Gasteiger partial charge in [0.25, 0.3) is 0 Å². The van der Waals surface area contributed by atoms with Gasteiger partial charge >= 0.3 is 12.0 Å². The number of carbonyl (C=O) groups is 2. The highest BCUT2D eigenvalue weighted by atomic mass is 16.8. The molecule has 2 amide bonds. The second-order valence-electron chi connectivity index (χ2n) is 8.33. The first-order chi connectivity index (χ1) is 17.0. The summed E-state index contributed by atoms with van der Waals surface area (Å²) in [7, 11) is 0. The molecule has 0 bridgehead atoms. The van der Waals surface area contributed by atoms with Crippen molar-refractivity contribution in [1.82, 2.24) is 24.8 Å². The molecule has 184 valence electrons. The number of nitrogens with one attached hydrogen (secondary N) is 2. The molecule has 35 heavy (non-hydrogen) atoms. The van der Waals surface area contributed by atoms with Crippen LogP contribution in [0.3, 0.4) is 0 Å². The molecule has 0 aliphatic carbocycles. The zero-order chi connectivity index (χ0) is 24.4. The van der Waals surface area contributed by atoms with Crippen molar-refractivity contribution in [2.75, 3.05) is 11.9 Å². The van der Waals surface area contributed by atoms with Crippen LogP contribution in [0.4, 0.5) is 10.6 Å². The maximum atomic E-state index is 12.0. The number of rotatable bonds is 8. The molecule has 0 radical (unpaired) electrons. The molecule has 0 spiro atoms. The van der Waals surface area contributed by atoms with Crippen LogP contribution >= 0.6 is 0 Å². The van der Waals surface area contributed by atoms with Crippen LogP contribution in [-0.2, 0) is 19.0 Å². The molecule has 4 unspecified atom stereocenters. The normalized spacial score (nSPS) is 25.5. The summed E-state index contributed by atoms with van der Waals surface area (Å²) in [6.07, 6.45) is 1.49. The van der Waals surface area contributed by atoms with Crippen molar-refractivity contribution in [1.29, 1.82) is 0 Å². The van der Waals surface area contributed by atoms with E-state index in [9.17, 15) is 9.59 Å². The third-order valence-electron chi connectivity index (χ3n) is 6.00. The van der Waals surface area contributed by atoms with Gasteiger partial charge in [-0.15, -0.1) is 0 Å². The molecule has 0 saturated carbocycles. The first kappa shape index (κ1) is 23.1. The van der Waals surface area contributed by atoms with Crippen LogP contribution < -0.4 is 10.6 Å². The topological polar surface area (TPSA) is 150 Å². The molecule has 3 aromatic rings. The number of benzene rings is 1. The SMILES string of the molecule is CCNC(=O)Nc1ncnc2c1ncn2C1OC(CCCC(=O)O)C2O[C@H](c3ccccc3)OC21. The number of imidazole rings is 1. The summed E-state index contributed by atoms with van der Waals surface area (Å²) in [5.41, 5.74) is 1.76. The summed E-state index contributed by atoms with van der Waals surface area (Å²) in [6, 6.07) is 9.22. The van der Waals surface area contributed by atoms with Gasteiger partial charge < -0.3 is 24.6 Å². The molecule has 2 aliphatic rings. The van der Waals surface area contributed by atoms with Crippen molar-refractivity contribution in [3.05, 3.63) is 48.5 Å². The van der Waals surface area contributed by atoms with Gasteiger partial charge in [0.1, 0.15) is 18.5 Å². The van der Waals surface area contributed by atoms with Crippen LogP contribution in [0, 0.1) is 0 Å². The molecule has 5 atom stereocenters. The van der Waals surface area contributed by atoms with Gasteiger partial charge in [0.05, 0.1) is 12.4 Å². The second-order valence-corrected chi connectivity index (χ2v) is 8.33. The molecular formula is C23H26N6O6. The molecule has 12 heteroatoms. The minimum absolute atomic E-state index is 0.0426. The Morgan fingerprint density at radius 1 is 1.09 bits per heavy atom. The molecular weight excluding hydrogens is 456 g/mol. The van der Waals surface area contributed by atoms with Gasteiger partial charge in [-0.1, -0.05) is 30.3 Å². The average molecular weight is 482 g/mol. The molecule has 5 rings (SSSR count). The van der Waals surface area contributed by atoms with E-state index in [4.69, 9.17) is 19.3 Å². The number of anilines is 1. The Bertz CT molecular complexity index is 1200. The highest BCUT2D eigenvalue weighted by molar-refractivity contribution is 5.95. The van der Waals surface area contributed by atoms with E-state index in [-0.39, 0.29) is 18.3 Å². The monoisotopic (exact) mass is 482 g/mol. The van der Waals surface area contributed by atoms with E-state index in [2.05, 4.69) is 25.6 Å². The maximum Gasteiger partial charge on any atom is 0.320 e. The zero-order valence-electron chi connectivity index (χ0n) is 19.0. The van der Waals surface area contributed by atoms with Crippen molar-refractivity contribution in [3.8, 4) is 0 Å². The van der Waals surface area contributed by atoms with Crippen LogP contribution in [-0.4, -0.2) is 61.5 Å². The van der Waals surface area contributed by atoms with Crippen LogP contribution in [0.25, 0.3) is 11.2 Å². The Morgan fingerprint density at radius 3 is 2.66 bits per heavy atom. The predicted molar refractivity (Wildman–Crippen MR) is 122 cm³/mol. The third kappa shape index (κ3) is 4.67. The Morgan fingerprint density at radius 2 is 1.89 bits per heavy atom. The lowest BCUT2D eigenvalue weighted by Gasteiger charge is -2.21. The minimum Gasteiger partial charge on any atom is -0.481 e. The van der Waals surface area contributed by atoms with Gasteiger partial charge in [0.15, 0.2) is 29.5 Å². The van der Waals surface area contributed by atoms with Gasteiger partial charge in [0.2, 0.25) is 0 Å². The first-order valence-corrected chi connectivity index (χ1v) is 11.5. The number of carboxylic acids is 1. The number of carboxylic acid groups (broad SMARTS) is 1. The van der Waals surface area contributed by atoms with Gasteiger partial charge in [0, 0.05) is 18.5 Å². The molecule has 3 N–H and O–H groups in total. The van der Waals surface area contributed by atoms with E-state index in [1.54, 1.807) is 10.9 Å². The zero-order valence-corrected chi connectivity index (χ0v) is 19.0. The van der Waals surface area contributed by atoms with E-state index in [0.717, 1.165) is 5.56 Å². The Labute approximate surface area is 200 Å². The fourth-order valence-electron chi connectivity index (χ4n) is 4.45. The summed E-state index contributed by atoms with van der Waals surface area (Å²) < 4.78 is 20.6. The van der Waals surface area contributed by atoms with Crippen molar-refractivity contribution in [2.45, 2.75) is 57.0 Å². The summed E-state index contributed by atoms with van der Waals surface area (Å²) in [5.74, 6) is -0.579. The van der Waals surface area contributed by atoms with Gasteiger partial charge in [-0.2, -0.15) is 0 Å². The van der Waals surface area contributed by atoms with Gasteiger partial charge in [-0.25, -0.2) is 19.7 Å². The summed E-state index contributed by atoms with van der Waals surface area (Å²) in [4.78, 5) is 36.0. The number of aliphatic carboxylic acids is 1. The predicted octanol–water partition coefficient (Wildman–Crippen LogP) is 2.60. The van der Waals surface area contributed by atoms with Crippen LogP contribution in [0.1, 0.15) is 44.3 Å². The summed E-state index contributed by atoms with van der Waals surface area (Å²) in [6.45, 7) is 2.29. The lowest BCUT2D eigenvalue weighted by atomic mass is 10.0. The fraction of sp³-hybridized carbons (Fsp3) is 0.435. The number of nitrogens with zero attached hydrogens (tertiary/aromatic N) is 4. The van der Waals surface area contributed by atoms with Gasteiger partial charge in [-0.05, 0) is 19.8 Å². The smallest absolute Gasteiger partial charge is 0.320 e. The highest BCUT2D eigenvalue weighted by Crippen LogP contribution is 2.46. The third-order valence-corrected chi connectivity index (χ3v) is 6.00. The van der Waals surface area contributed by atoms with E-state index in [0.29, 0.717) is 30.6 Å². The quantitative estimate of drug-likeness (QED) is 0.440. The highest BCUT2D eigenvalue weighted by Gasteiger charge is 2.53. The molecule has 4 heterocycles. The molecule has 1 aromatic carbocycles. The Hall–Kier alpha value is -3.61. The number of ether oxygens (including phenoxy) is 3. The fourth-order valence-corrected chi connectivity index (χ4v) is 4.45. The van der Waals surface area contributed by atoms with E-state index < -0.39 is 36.7 Å². The number of carbonyl (C=O) groups excluding carboxylic acids is 1. The molecule has 12 nitrogen and oxygen atoms in total. The number of aromatic nitrogens is 4. The average Bonchev–Trinajstić information content (AvgIpc) is 3.54. The maximum absolute atomic E-state index is 12.0. The number of hydrogen-bond donors (Lipinski definition) is 3. The summed E-state index contributed by atoms with van der Waals surface area (Å²) in [5, 5.41) is 14.4. The van der Waals surface area contributed by atoms with Crippen LogP contribution in [0.5, 0.6) is 0 Å². The molecule has 2 saturated heterocycles. The first-order valence-electron chi connectivity index (χ1n) is 11.5. The standard InChI is InChI=1S/C23H26N6O6/c1-2-24-23(32)28-19-16-20(26-11-25-19)29(12-27-16)21-18-17(14(33-21)9-6-10-15(30)31)34-22(35-18)13-7-4-3-5-8-13/h3-5,7-8,11-12,14,17-18,21-22H,2,6,9-10H2,1H3,(H,30,31)(H2,24,25,26,28,32)/t14?,17?,18?,21?,22-/m0/s1. The van der Waals surface area contributed by atoms with Crippen molar-refractivity contribution in [2.24, 2.45) is 0 Å². The van der Waals surface area contributed by atoms with Crippen molar-refractivity contribution < 1.29 is 28.9 Å². The number of fused-ring (bicyclic) bond motifs is 2. The second kappa shape index (κ2) is 9.94. The van der Waals surface area contributed by atoms with Crippen LogP contribution in [0.15, 0.2) is 43.0 Å². The van der Waals surface area contributed by atoms with Crippen LogP contribution in [0.2, 0.25) is 0 Å². The minimum atomic E-state index is -0.855. The molecule has 2 aliphatic heterocycles. The van der Waals surface area contributed by atoms with E-state index >= 15 is 0 Å². The Kier molecular flexibility index (Phi) is 6.57. The number of amides is 2. The van der Waals surface area contributed by atoms with Crippen molar-refractivity contribution >= 4 is 29.0 Å². The molecule has 2 fully saturated rings. The van der Waals surface area contributed by atoms with Gasteiger partial charge in [-0.3, -0.25) is 14.7 Å². The van der Waals surface area contributed by atoms with E-state index in [1.165, 1.54) is 6.33 Å². The van der Waals surface area contributed by atoms with E-state index in [1.807, 2.05) is 37.3 Å². The Balaban J connectivity index is 1.43. The number of urea groups is 1. The lowest BCUT2D eigenvalue weighted by molar-refractivity contribution is -0.149. The largest absolute Gasteiger partial charge is 0.481 e.